The molecular formula is C21H19ClFN3O3. The summed E-state index contributed by atoms with van der Waals surface area (Å²) in [6.07, 6.45) is -1.12. The van der Waals surface area contributed by atoms with Gasteiger partial charge in [0.1, 0.15) is 16.5 Å². The first-order valence-corrected chi connectivity index (χ1v) is 9.24. The zero-order valence-corrected chi connectivity index (χ0v) is 16.8. The molecule has 0 saturated carbocycles. The lowest BCUT2D eigenvalue weighted by molar-refractivity contribution is -0.123. The van der Waals surface area contributed by atoms with Crippen LogP contribution in [0.2, 0.25) is 5.15 Å². The van der Waals surface area contributed by atoms with Crippen LogP contribution in [0.5, 0.6) is 0 Å². The summed E-state index contributed by atoms with van der Waals surface area (Å²) in [5, 5.41) is 6.89. The Balaban J connectivity index is 1.73. The number of benzene rings is 2. The smallest absolute Gasteiger partial charge is 0.344 e. The van der Waals surface area contributed by atoms with Gasteiger partial charge in [-0.1, -0.05) is 35.9 Å². The Morgan fingerprint density at radius 1 is 1.17 bits per heavy atom. The number of halogens is 2. The highest BCUT2D eigenvalue weighted by Gasteiger charge is 2.26. The molecule has 6 nitrogen and oxygen atoms in total. The molecule has 0 aliphatic rings. The van der Waals surface area contributed by atoms with Crippen LogP contribution in [0, 0.1) is 19.7 Å². The van der Waals surface area contributed by atoms with Crippen molar-refractivity contribution in [2.45, 2.75) is 26.9 Å². The number of carbonyl (C=O) groups is 2. The third kappa shape index (κ3) is 4.46. The second-order valence-electron chi connectivity index (χ2n) is 6.50. The highest BCUT2D eigenvalue weighted by molar-refractivity contribution is 6.33. The number of hydrogen-bond donors (Lipinski definition) is 1. The van der Waals surface area contributed by atoms with Gasteiger partial charge in [-0.05, 0) is 50.6 Å². The van der Waals surface area contributed by atoms with E-state index in [0.29, 0.717) is 16.9 Å². The van der Waals surface area contributed by atoms with E-state index in [1.165, 1.54) is 17.7 Å². The fourth-order valence-corrected chi connectivity index (χ4v) is 3.01. The number of amides is 1. The van der Waals surface area contributed by atoms with Gasteiger partial charge < -0.3 is 10.1 Å². The molecule has 150 valence electrons. The zero-order chi connectivity index (χ0) is 21.1. The van der Waals surface area contributed by atoms with E-state index in [9.17, 15) is 14.0 Å². The van der Waals surface area contributed by atoms with Crippen LogP contribution in [-0.4, -0.2) is 27.8 Å². The first-order valence-electron chi connectivity index (χ1n) is 8.86. The molecule has 2 aromatic carbocycles. The quantitative estimate of drug-likeness (QED) is 0.624. The molecule has 3 rings (SSSR count). The first-order chi connectivity index (χ1) is 13.8. The highest BCUT2D eigenvalue weighted by atomic mass is 35.5. The molecule has 1 amide bonds. The van der Waals surface area contributed by atoms with Crippen LogP contribution in [0.15, 0.2) is 48.5 Å². The lowest BCUT2D eigenvalue weighted by Crippen LogP contribution is -2.30. The Bertz CT molecular complexity index is 1070. The van der Waals surface area contributed by atoms with Crippen LogP contribution in [0.4, 0.5) is 10.1 Å². The van der Waals surface area contributed by atoms with Crippen LogP contribution in [0.25, 0.3) is 5.69 Å². The Morgan fingerprint density at radius 3 is 2.52 bits per heavy atom. The molecular weight excluding hydrogens is 397 g/mol. The number of ether oxygens (including phenoxy) is 1. The lowest BCUT2D eigenvalue weighted by Gasteiger charge is -2.14. The van der Waals surface area contributed by atoms with E-state index in [4.69, 9.17) is 16.3 Å². The number of aryl methyl sites for hydroxylation is 2. The standard InChI is InChI=1S/C21H19ClFN3O3/c1-12-9-10-15(11-17(12)23)24-20(27)14(3)29-21(28)18-13(2)25-26(19(18)22)16-7-5-4-6-8-16/h4-11,14H,1-3H3,(H,24,27)/t14-/m0/s1. The van der Waals surface area contributed by atoms with Crippen LogP contribution in [0.1, 0.15) is 28.5 Å². The van der Waals surface area contributed by atoms with Crippen LogP contribution in [-0.2, 0) is 9.53 Å². The van der Waals surface area contributed by atoms with Crippen molar-refractivity contribution in [3.8, 4) is 5.69 Å². The van der Waals surface area contributed by atoms with Crippen molar-refractivity contribution in [1.82, 2.24) is 9.78 Å². The Labute approximate surface area is 172 Å². The molecule has 0 spiro atoms. The van der Waals surface area contributed by atoms with Gasteiger partial charge in [0.05, 0.1) is 11.4 Å². The van der Waals surface area contributed by atoms with E-state index < -0.39 is 23.8 Å². The molecule has 0 radical (unpaired) electrons. The number of nitrogens with zero attached hydrogens (tertiary/aromatic N) is 2. The monoisotopic (exact) mass is 415 g/mol. The summed E-state index contributed by atoms with van der Waals surface area (Å²) in [7, 11) is 0. The summed E-state index contributed by atoms with van der Waals surface area (Å²) in [6.45, 7) is 4.66. The number of esters is 1. The molecule has 0 fully saturated rings. The number of anilines is 1. The topological polar surface area (TPSA) is 73.2 Å². The Hall–Kier alpha value is -3.19. The number of rotatable bonds is 5. The third-order valence-electron chi connectivity index (χ3n) is 4.30. The first kappa shape index (κ1) is 20.5. The molecule has 1 atom stereocenters. The SMILES string of the molecule is Cc1ccc(NC(=O)[C@H](C)OC(=O)c2c(C)nn(-c3ccccc3)c2Cl)cc1F. The van der Waals surface area contributed by atoms with Crippen molar-refractivity contribution < 1.29 is 18.7 Å². The van der Waals surface area contributed by atoms with E-state index in [0.717, 1.165) is 0 Å². The van der Waals surface area contributed by atoms with Crippen molar-refractivity contribution in [3.05, 3.63) is 76.3 Å². The van der Waals surface area contributed by atoms with E-state index in [-0.39, 0.29) is 16.4 Å². The molecule has 0 aliphatic carbocycles. The number of aromatic nitrogens is 2. The van der Waals surface area contributed by atoms with E-state index in [2.05, 4.69) is 10.4 Å². The van der Waals surface area contributed by atoms with Gasteiger partial charge >= 0.3 is 5.97 Å². The molecule has 8 heteroatoms. The molecule has 0 aliphatic heterocycles. The van der Waals surface area contributed by atoms with E-state index >= 15 is 0 Å². The predicted molar refractivity (Wildman–Crippen MR) is 108 cm³/mol. The average molecular weight is 416 g/mol. The number of carbonyl (C=O) groups excluding carboxylic acids is 2. The Kier molecular flexibility index (Phi) is 5.98. The van der Waals surface area contributed by atoms with Gasteiger partial charge in [-0.2, -0.15) is 5.10 Å². The summed E-state index contributed by atoms with van der Waals surface area (Å²) < 4.78 is 20.3. The van der Waals surface area contributed by atoms with Crippen molar-refractivity contribution >= 4 is 29.2 Å². The van der Waals surface area contributed by atoms with Crippen LogP contribution in [0.3, 0.4) is 0 Å². The summed E-state index contributed by atoms with van der Waals surface area (Å²) in [5.41, 5.74) is 1.87. The molecule has 1 heterocycles. The second-order valence-corrected chi connectivity index (χ2v) is 6.86. The maximum atomic E-state index is 13.6. The van der Waals surface area contributed by atoms with Crippen molar-refractivity contribution in [2.24, 2.45) is 0 Å². The summed E-state index contributed by atoms with van der Waals surface area (Å²) in [4.78, 5) is 24.9. The second kappa shape index (κ2) is 8.45. The van der Waals surface area contributed by atoms with Crippen LogP contribution >= 0.6 is 11.6 Å². The van der Waals surface area contributed by atoms with Crippen molar-refractivity contribution in [1.29, 1.82) is 0 Å². The fraction of sp³-hybridized carbons (Fsp3) is 0.190. The lowest BCUT2D eigenvalue weighted by atomic mass is 10.2. The van der Waals surface area contributed by atoms with Gasteiger partial charge in [0.15, 0.2) is 6.10 Å². The maximum Gasteiger partial charge on any atom is 0.344 e. The average Bonchev–Trinajstić information content (AvgIpc) is 2.99. The molecule has 0 unspecified atom stereocenters. The minimum atomic E-state index is -1.12. The van der Waals surface area contributed by atoms with Gasteiger partial charge in [0.25, 0.3) is 5.91 Å². The van der Waals surface area contributed by atoms with Crippen molar-refractivity contribution in [3.63, 3.8) is 0 Å². The van der Waals surface area contributed by atoms with Crippen molar-refractivity contribution in [2.75, 3.05) is 5.32 Å². The molecule has 1 N–H and O–H groups in total. The molecule has 29 heavy (non-hydrogen) atoms. The zero-order valence-electron chi connectivity index (χ0n) is 16.1. The van der Waals surface area contributed by atoms with Crippen LogP contribution < -0.4 is 5.32 Å². The number of para-hydroxylation sites is 1. The number of hydrogen-bond acceptors (Lipinski definition) is 4. The molecule has 0 bridgehead atoms. The van der Waals surface area contributed by atoms with E-state index in [1.807, 2.05) is 18.2 Å². The largest absolute Gasteiger partial charge is 0.449 e. The summed E-state index contributed by atoms with van der Waals surface area (Å²) in [5.74, 6) is -1.80. The fourth-order valence-electron chi connectivity index (χ4n) is 2.66. The molecule has 1 aromatic heterocycles. The van der Waals surface area contributed by atoms with Gasteiger partial charge in [-0.25, -0.2) is 13.9 Å². The summed E-state index contributed by atoms with van der Waals surface area (Å²) in [6, 6.07) is 13.4. The molecule has 3 aromatic rings. The Morgan fingerprint density at radius 2 is 1.86 bits per heavy atom. The highest BCUT2D eigenvalue weighted by Crippen LogP contribution is 2.24. The third-order valence-corrected chi connectivity index (χ3v) is 4.65. The van der Waals surface area contributed by atoms with E-state index in [1.54, 1.807) is 38.1 Å². The predicted octanol–water partition coefficient (Wildman–Crippen LogP) is 4.47. The maximum absolute atomic E-state index is 13.6. The normalized spacial score (nSPS) is 11.8. The molecule has 0 saturated heterocycles. The van der Waals surface area contributed by atoms with Gasteiger partial charge in [-0.15, -0.1) is 0 Å². The minimum Gasteiger partial charge on any atom is -0.449 e. The van der Waals surface area contributed by atoms with Gasteiger partial charge in [-0.3, -0.25) is 4.79 Å². The van der Waals surface area contributed by atoms with Gasteiger partial charge in [0.2, 0.25) is 0 Å². The van der Waals surface area contributed by atoms with Gasteiger partial charge in [0, 0.05) is 5.69 Å². The number of nitrogens with one attached hydrogen (secondary N) is 1. The summed E-state index contributed by atoms with van der Waals surface area (Å²) >= 11 is 6.34. The minimum absolute atomic E-state index is 0.0801.